The van der Waals surface area contributed by atoms with Gasteiger partial charge in [0, 0.05) is 19.3 Å². The second-order valence-corrected chi connectivity index (χ2v) is 4.33. The van der Waals surface area contributed by atoms with Crippen molar-refractivity contribution in [3.05, 3.63) is 48.0 Å². The fraction of sp³-hybridized carbons (Fsp3) is 0.357. The van der Waals surface area contributed by atoms with Crippen LogP contribution in [0.4, 0.5) is 5.82 Å². The predicted octanol–water partition coefficient (Wildman–Crippen LogP) is 2.74. The summed E-state index contributed by atoms with van der Waals surface area (Å²) < 4.78 is 5.33. The minimum absolute atomic E-state index is 0.808. The Labute approximate surface area is 108 Å². The summed E-state index contributed by atoms with van der Waals surface area (Å²) in [6.07, 6.45) is 3.62. The Bertz CT molecular complexity index is 450. The highest BCUT2D eigenvalue weighted by molar-refractivity contribution is 5.35. The number of hydrogen-bond donors (Lipinski definition) is 1. The Hall–Kier alpha value is -1.81. The van der Waals surface area contributed by atoms with Crippen molar-refractivity contribution in [3.8, 4) is 0 Å². The summed E-state index contributed by atoms with van der Waals surface area (Å²) in [5.41, 5.74) is 1.20. The van der Waals surface area contributed by atoms with Gasteiger partial charge in [-0.3, -0.25) is 4.90 Å². The van der Waals surface area contributed by atoms with E-state index < -0.39 is 0 Å². The normalized spacial score (nSPS) is 10.8. The first kappa shape index (κ1) is 12.6. The first-order chi connectivity index (χ1) is 8.78. The Morgan fingerprint density at radius 1 is 1.28 bits per heavy atom. The average Bonchev–Trinajstić information content (AvgIpc) is 2.84. The molecule has 4 heteroatoms. The van der Waals surface area contributed by atoms with Gasteiger partial charge < -0.3 is 9.73 Å². The monoisotopic (exact) mass is 245 g/mol. The molecule has 0 unspecified atom stereocenters. The van der Waals surface area contributed by atoms with Crippen molar-refractivity contribution < 1.29 is 4.42 Å². The van der Waals surface area contributed by atoms with Crippen LogP contribution in [0.3, 0.4) is 0 Å². The van der Waals surface area contributed by atoms with Crippen LogP contribution >= 0.6 is 0 Å². The van der Waals surface area contributed by atoms with Gasteiger partial charge in [-0.05, 0) is 37.7 Å². The van der Waals surface area contributed by atoms with E-state index >= 15 is 0 Å². The highest BCUT2D eigenvalue weighted by atomic mass is 16.3. The lowest BCUT2D eigenvalue weighted by atomic mass is 10.2. The van der Waals surface area contributed by atoms with Crippen LogP contribution in [0.15, 0.2) is 41.1 Å². The smallest absolute Gasteiger partial charge is 0.125 e. The molecule has 2 aromatic heterocycles. The fourth-order valence-electron chi connectivity index (χ4n) is 1.84. The maximum Gasteiger partial charge on any atom is 0.125 e. The van der Waals surface area contributed by atoms with Gasteiger partial charge in [0.15, 0.2) is 0 Å². The molecule has 96 valence electrons. The van der Waals surface area contributed by atoms with Crippen LogP contribution in [-0.4, -0.2) is 23.5 Å². The van der Waals surface area contributed by atoms with E-state index in [1.165, 1.54) is 5.56 Å². The van der Waals surface area contributed by atoms with Crippen LogP contribution in [-0.2, 0) is 13.1 Å². The third-order valence-electron chi connectivity index (χ3n) is 2.64. The highest BCUT2D eigenvalue weighted by Gasteiger charge is 2.04. The van der Waals surface area contributed by atoms with E-state index in [1.807, 2.05) is 24.4 Å². The number of hydrogen-bond acceptors (Lipinski definition) is 4. The van der Waals surface area contributed by atoms with Gasteiger partial charge in [-0.1, -0.05) is 6.07 Å². The SMILES string of the molecule is CCNc1ccc(CN(C)Cc2ccco2)cn1. The molecule has 4 nitrogen and oxygen atoms in total. The molecule has 0 saturated carbocycles. The number of aromatic nitrogens is 1. The van der Waals surface area contributed by atoms with E-state index in [-0.39, 0.29) is 0 Å². The number of furan rings is 1. The van der Waals surface area contributed by atoms with Crippen LogP contribution < -0.4 is 5.32 Å². The van der Waals surface area contributed by atoms with Gasteiger partial charge in [0.05, 0.1) is 12.8 Å². The van der Waals surface area contributed by atoms with Gasteiger partial charge in [-0.15, -0.1) is 0 Å². The van der Waals surface area contributed by atoms with Crippen molar-refractivity contribution in [1.29, 1.82) is 0 Å². The molecule has 0 bridgehead atoms. The molecule has 0 saturated heterocycles. The molecule has 0 atom stereocenters. The van der Waals surface area contributed by atoms with Crippen molar-refractivity contribution in [2.24, 2.45) is 0 Å². The molecule has 2 aromatic rings. The molecule has 0 radical (unpaired) electrons. The predicted molar refractivity (Wildman–Crippen MR) is 72.3 cm³/mol. The lowest BCUT2D eigenvalue weighted by Crippen LogP contribution is -2.17. The largest absolute Gasteiger partial charge is 0.468 e. The minimum Gasteiger partial charge on any atom is -0.468 e. The summed E-state index contributed by atoms with van der Waals surface area (Å²) in [6.45, 7) is 4.62. The molecule has 18 heavy (non-hydrogen) atoms. The molecule has 0 fully saturated rings. The van der Waals surface area contributed by atoms with Gasteiger partial charge in [0.1, 0.15) is 11.6 Å². The van der Waals surface area contributed by atoms with Crippen LogP contribution in [0.5, 0.6) is 0 Å². The van der Waals surface area contributed by atoms with Crippen LogP contribution in [0.2, 0.25) is 0 Å². The maximum atomic E-state index is 5.33. The summed E-state index contributed by atoms with van der Waals surface area (Å²) >= 11 is 0. The zero-order valence-electron chi connectivity index (χ0n) is 10.9. The standard InChI is InChI=1S/C14H19N3O/c1-3-15-14-7-6-12(9-16-14)10-17(2)11-13-5-4-8-18-13/h4-9H,3,10-11H2,1-2H3,(H,15,16). The van der Waals surface area contributed by atoms with E-state index in [9.17, 15) is 0 Å². The Morgan fingerprint density at radius 3 is 2.78 bits per heavy atom. The van der Waals surface area contributed by atoms with Gasteiger partial charge in [0.25, 0.3) is 0 Å². The first-order valence-corrected chi connectivity index (χ1v) is 6.17. The lowest BCUT2D eigenvalue weighted by Gasteiger charge is -2.15. The third-order valence-corrected chi connectivity index (χ3v) is 2.64. The molecular formula is C14H19N3O. The van der Waals surface area contributed by atoms with E-state index in [1.54, 1.807) is 6.26 Å². The van der Waals surface area contributed by atoms with Crippen molar-refractivity contribution >= 4 is 5.82 Å². The van der Waals surface area contributed by atoms with Crippen molar-refractivity contribution in [3.63, 3.8) is 0 Å². The van der Waals surface area contributed by atoms with E-state index in [0.717, 1.165) is 31.2 Å². The molecule has 2 rings (SSSR count). The molecule has 0 aromatic carbocycles. The summed E-state index contributed by atoms with van der Waals surface area (Å²) in [4.78, 5) is 6.55. The van der Waals surface area contributed by atoms with Crippen LogP contribution in [0, 0.1) is 0 Å². The maximum absolute atomic E-state index is 5.33. The Morgan fingerprint density at radius 2 is 2.17 bits per heavy atom. The highest BCUT2D eigenvalue weighted by Crippen LogP contribution is 2.10. The second-order valence-electron chi connectivity index (χ2n) is 4.33. The van der Waals surface area contributed by atoms with Gasteiger partial charge >= 0.3 is 0 Å². The summed E-state index contributed by atoms with van der Waals surface area (Å²) in [5, 5.41) is 3.18. The van der Waals surface area contributed by atoms with Crippen LogP contribution in [0.25, 0.3) is 0 Å². The quantitative estimate of drug-likeness (QED) is 0.849. The Balaban J connectivity index is 1.88. The fourth-order valence-corrected chi connectivity index (χ4v) is 1.84. The van der Waals surface area contributed by atoms with Crippen molar-refractivity contribution in [1.82, 2.24) is 9.88 Å². The van der Waals surface area contributed by atoms with E-state index in [2.05, 4.69) is 35.2 Å². The molecule has 2 heterocycles. The summed E-state index contributed by atoms with van der Waals surface area (Å²) in [5.74, 6) is 1.91. The summed E-state index contributed by atoms with van der Waals surface area (Å²) in [6, 6.07) is 8.02. The molecule has 0 aliphatic carbocycles. The van der Waals surface area contributed by atoms with E-state index in [4.69, 9.17) is 4.42 Å². The van der Waals surface area contributed by atoms with Crippen molar-refractivity contribution in [2.75, 3.05) is 18.9 Å². The lowest BCUT2D eigenvalue weighted by molar-refractivity contribution is 0.287. The summed E-state index contributed by atoms with van der Waals surface area (Å²) in [7, 11) is 2.07. The third kappa shape index (κ3) is 3.60. The van der Waals surface area contributed by atoms with E-state index in [0.29, 0.717) is 0 Å². The average molecular weight is 245 g/mol. The van der Waals surface area contributed by atoms with Gasteiger partial charge in [-0.2, -0.15) is 0 Å². The van der Waals surface area contributed by atoms with Crippen molar-refractivity contribution in [2.45, 2.75) is 20.0 Å². The molecule has 1 N–H and O–H groups in total. The zero-order valence-corrected chi connectivity index (χ0v) is 10.9. The second kappa shape index (κ2) is 6.21. The number of rotatable bonds is 6. The molecule has 0 aliphatic rings. The molecule has 0 aliphatic heterocycles. The first-order valence-electron chi connectivity index (χ1n) is 6.17. The topological polar surface area (TPSA) is 41.3 Å². The molecular weight excluding hydrogens is 226 g/mol. The van der Waals surface area contributed by atoms with Gasteiger partial charge in [0.2, 0.25) is 0 Å². The number of nitrogens with one attached hydrogen (secondary N) is 1. The molecule has 0 spiro atoms. The number of nitrogens with zero attached hydrogens (tertiary/aromatic N) is 2. The zero-order chi connectivity index (χ0) is 12.8. The van der Waals surface area contributed by atoms with Gasteiger partial charge in [-0.25, -0.2) is 4.98 Å². The number of anilines is 1. The minimum atomic E-state index is 0.808. The Kier molecular flexibility index (Phi) is 4.36. The van der Waals surface area contributed by atoms with Crippen LogP contribution in [0.1, 0.15) is 18.2 Å². The number of pyridine rings is 1. The molecule has 0 amide bonds.